The molecule has 118 valence electrons. The van der Waals surface area contributed by atoms with Gasteiger partial charge in [0, 0.05) is 5.69 Å². The number of nitrogens with one attached hydrogen (secondary N) is 3. The molecule has 0 atom stereocenters. The topological polar surface area (TPSA) is 69.8 Å². The van der Waals surface area contributed by atoms with Crippen LogP contribution in [-0.2, 0) is 5.41 Å². The Balaban J connectivity index is 1.72. The van der Waals surface area contributed by atoms with Crippen molar-refractivity contribution >= 4 is 28.7 Å². The summed E-state index contributed by atoms with van der Waals surface area (Å²) in [6, 6.07) is 15.2. The lowest BCUT2D eigenvalue weighted by molar-refractivity contribution is 0.262. The van der Waals surface area contributed by atoms with E-state index in [1.54, 1.807) is 0 Å². The number of fused-ring (bicyclic) bond motifs is 1. The van der Waals surface area contributed by atoms with Gasteiger partial charge in [0.15, 0.2) is 0 Å². The molecule has 1 heterocycles. The summed E-state index contributed by atoms with van der Waals surface area (Å²) in [4.78, 5) is 19.5. The number of urea groups is 1. The predicted molar refractivity (Wildman–Crippen MR) is 93.9 cm³/mol. The number of carbonyl (C=O) groups excluding carboxylic acids is 1. The molecule has 0 bridgehead atoms. The Labute approximate surface area is 135 Å². The Hall–Kier alpha value is -2.82. The Kier molecular flexibility index (Phi) is 3.78. The summed E-state index contributed by atoms with van der Waals surface area (Å²) in [5.41, 5.74) is 3.66. The third-order valence-electron chi connectivity index (χ3n) is 3.61. The molecule has 0 unspecified atom stereocenters. The standard InChI is InChI=1S/C18H20N4O/c1-18(2,3)12-7-6-8-13(11-12)19-17(23)22-16-20-14-9-4-5-10-15(14)21-16/h4-11H,1-3H3,(H3,19,20,21,22,23). The summed E-state index contributed by atoms with van der Waals surface area (Å²) >= 11 is 0. The first-order valence-electron chi connectivity index (χ1n) is 7.55. The van der Waals surface area contributed by atoms with Gasteiger partial charge in [0.2, 0.25) is 5.95 Å². The lowest BCUT2D eigenvalue weighted by Crippen LogP contribution is -2.20. The van der Waals surface area contributed by atoms with Crippen LogP contribution in [0.3, 0.4) is 0 Å². The molecule has 0 spiro atoms. The quantitative estimate of drug-likeness (QED) is 0.652. The molecule has 0 aliphatic carbocycles. The Bertz CT molecular complexity index is 812. The van der Waals surface area contributed by atoms with Gasteiger partial charge in [-0.15, -0.1) is 0 Å². The molecule has 2 amide bonds. The Morgan fingerprint density at radius 1 is 1.04 bits per heavy atom. The van der Waals surface area contributed by atoms with Crippen LogP contribution in [0, 0.1) is 0 Å². The highest BCUT2D eigenvalue weighted by molar-refractivity contribution is 5.99. The third-order valence-corrected chi connectivity index (χ3v) is 3.61. The van der Waals surface area contributed by atoms with Gasteiger partial charge < -0.3 is 10.3 Å². The molecule has 0 saturated heterocycles. The number of para-hydroxylation sites is 2. The van der Waals surface area contributed by atoms with E-state index >= 15 is 0 Å². The molecule has 2 aromatic carbocycles. The highest BCUT2D eigenvalue weighted by Crippen LogP contribution is 2.24. The van der Waals surface area contributed by atoms with Crippen LogP contribution < -0.4 is 10.6 Å². The fourth-order valence-corrected chi connectivity index (χ4v) is 2.35. The monoisotopic (exact) mass is 308 g/mol. The van der Waals surface area contributed by atoms with Crippen LogP contribution in [0.15, 0.2) is 48.5 Å². The molecule has 3 rings (SSSR count). The van der Waals surface area contributed by atoms with E-state index in [9.17, 15) is 4.79 Å². The second-order valence-electron chi connectivity index (χ2n) is 6.51. The number of nitrogens with zero attached hydrogens (tertiary/aromatic N) is 1. The minimum absolute atomic E-state index is 0.0346. The van der Waals surface area contributed by atoms with Crippen LogP contribution >= 0.6 is 0 Å². The SMILES string of the molecule is CC(C)(C)c1cccc(NC(=O)Nc2nc3ccccc3[nH]2)c1. The lowest BCUT2D eigenvalue weighted by Gasteiger charge is -2.19. The van der Waals surface area contributed by atoms with Crippen LogP contribution in [0.2, 0.25) is 0 Å². The van der Waals surface area contributed by atoms with Gasteiger partial charge in [0.1, 0.15) is 0 Å². The number of rotatable bonds is 2. The van der Waals surface area contributed by atoms with Crippen molar-refractivity contribution in [2.75, 3.05) is 10.6 Å². The Morgan fingerprint density at radius 2 is 1.83 bits per heavy atom. The van der Waals surface area contributed by atoms with Gasteiger partial charge >= 0.3 is 6.03 Å². The summed E-state index contributed by atoms with van der Waals surface area (Å²) in [6.07, 6.45) is 0. The van der Waals surface area contributed by atoms with Gasteiger partial charge in [-0.05, 0) is 35.2 Å². The van der Waals surface area contributed by atoms with Crippen molar-refractivity contribution in [1.29, 1.82) is 0 Å². The maximum atomic E-state index is 12.1. The summed E-state index contributed by atoms with van der Waals surface area (Å²) in [5, 5.41) is 5.56. The minimum Gasteiger partial charge on any atom is -0.324 e. The molecule has 23 heavy (non-hydrogen) atoms. The first-order chi connectivity index (χ1) is 10.9. The second-order valence-corrected chi connectivity index (χ2v) is 6.51. The molecule has 5 heteroatoms. The molecule has 3 N–H and O–H groups in total. The zero-order valence-electron chi connectivity index (χ0n) is 13.5. The van der Waals surface area contributed by atoms with Crippen molar-refractivity contribution in [3.8, 4) is 0 Å². The first-order valence-corrected chi connectivity index (χ1v) is 7.55. The zero-order chi connectivity index (χ0) is 16.4. The average molecular weight is 308 g/mol. The van der Waals surface area contributed by atoms with Crippen LogP contribution in [0.4, 0.5) is 16.4 Å². The maximum Gasteiger partial charge on any atom is 0.326 e. The van der Waals surface area contributed by atoms with E-state index in [-0.39, 0.29) is 11.4 Å². The molecule has 3 aromatic rings. The molecule has 0 aliphatic heterocycles. The minimum atomic E-state index is -0.324. The number of carbonyl (C=O) groups is 1. The van der Waals surface area contributed by atoms with E-state index < -0.39 is 0 Å². The number of H-pyrrole nitrogens is 1. The van der Waals surface area contributed by atoms with Crippen LogP contribution in [0.1, 0.15) is 26.3 Å². The number of aromatic nitrogens is 2. The summed E-state index contributed by atoms with van der Waals surface area (Å²) in [7, 11) is 0. The largest absolute Gasteiger partial charge is 0.326 e. The highest BCUT2D eigenvalue weighted by atomic mass is 16.2. The summed E-state index contributed by atoms with van der Waals surface area (Å²) < 4.78 is 0. The molecular formula is C18H20N4O. The predicted octanol–water partition coefficient (Wildman–Crippen LogP) is 4.50. The van der Waals surface area contributed by atoms with Crippen molar-refractivity contribution in [1.82, 2.24) is 9.97 Å². The smallest absolute Gasteiger partial charge is 0.324 e. The number of amides is 2. The molecule has 0 saturated carbocycles. The second kappa shape index (κ2) is 5.76. The number of aromatic amines is 1. The van der Waals surface area contributed by atoms with Crippen LogP contribution in [-0.4, -0.2) is 16.0 Å². The van der Waals surface area contributed by atoms with Gasteiger partial charge in [-0.2, -0.15) is 0 Å². The molecular weight excluding hydrogens is 288 g/mol. The van der Waals surface area contributed by atoms with E-state index in [2.05, 4.69) is 47.4 Å². The van der Waals surface area contributed by atoms with E-state index in [4.69, 9.17) is 0 Å². The average Bonchev–Trinajstić information content (AvgIpc) is 2.88. The van der Waals surface area contributed by atoms with Gasteiger partial charge in [-0.25, -0.2) is 9.78 Å². The van der Waals surface area contributed by atoms with Gasteiger partial charge in [-0.1, -0.05) is 45.0 Å². The first kappa shape index (κ1) is 15.1. The van der Waals surface area contributed by atoms with Crippen molar-refractivity contribution in [2.24, 2.45) is 0 Å². The fourth-order valence-electron chi connectivity index (χ4n) is 2.35. The van der Waals surface area contributed by atoms with E-state index in [1.807, 2.05) is 42.5 Å². The van der Waals surface area contributed by atoms with Crippen molar-refractivity contribution in [2.45, 2.75) is 26.2 Å². The van der Waals surface area contributed by atoms with Crippen molar-refractivity contribution in [3.63, 3.8) is 0 Å². The number of imidazole rings is 1. The number of benzene rings is 2. The van der Waals surface area contributed by atoms with Gasteiger partial charge in [-0.3, -0.25) is 5.32 Å². The number of anilines is 2. The van der Waals surface area contributed by atoms with Crippen molar-refractivity contribution in [3.05, 3.63) is 54.1 Å². The molecule has 5 nitrogen and oxygen atoms in total. The molecule has 0 radical (unpaired) electrons. The van der Waals surface area contributed by atoms with Crippen molar-refractivity contribution < 1.29 is 4.79 Å². The molecule has 1 aromatic heterocycles. The number of hydrogen-bond acceptors (Lipinski definition) is 2. The van der Waals surface area contributed by atoms with E-state index in [1.165, 1.54) is 5.56 Å². The highest BCUT2D eigenvalue weighted by Gasteiger charge is 2.14. The van der Waals surface area contributed by atoms with Crippen LogP contribution in [0.5, 0.6) is 0 Å². The van der Waals surface area contributed by atoms with E-state index in [0.29, 0.717) is 5.95 Å². The lowest BCUT2D eigenvalue weighted by atomic mass is 9.87. The molecule has 0 aliphatic rings. The Morgan fingerprint density at radius 3 is 2.57 bits per heavy atom. The van der Waals surface area contributed by atoms with Gasteiger partial charge in [0.05, 0.1) is 11.0 Å². The number of hydrogen-bond donors (Lipinski definition) is 3. The van der Waals surface area contributed by atoms with Gasteiger partial charge in [0.25, 0.3) is 0 Å². The normalized spacial score (nSPS) is 11.4. The fraction of sp³-hybridized carbons (Fsp3) is 0.222. The zero-order valence-corrected chi connectivity index (χ0v) is 13.5. The summed E-state index contributed by atoms with van der Waals surface area (Å²) in [5.74, 6) is 0.427. The third kappa shape index (κ3) is 3.51. The van der Waals surface area contributed by atoms with E-state index in [0.717, 1.165) is 16.7 Å². The maximum absolute atomic E-state index is 12.1. The van der Waals surface area contributed by atoms with Crippen LogP contribution in [0.25, 0.3) is 11.0 Å². The molecule has 0 fully saturated rings. The summed E-state index contributed by atoms with van der Waals surface area (Å²) in [6.45, 7) is 6.42.